The maximum Gasteiger partial charge on any atom is 0.269 e. The number of pyridine rings is 1. The molecule has 1 aliphatic heterocycles. The summed E-state index contributed by atoms with van der Waals surface area (Å²) in [5.74, 6) is -0.149. The number of para-hydroxylation sites is 1. The molecular weight excluding hydrogens is 330 g/mol. The Morgan fingerprint density at radius 2 is 1.62 bits per heavy atom. The number of nitro benzene ring substituents is 1. The van der Waals surface area contributed by atoms with Gasteiger partial charge in [-0.15, -0.1) is 0 Å². The van der Waals surface area contributed by atoms with Crippen molar-refractivity contribution >= 4 is 44.8 Å². The van der Waals surface area contributed by atoms with Crippen LogP contribution < -0.4 is 4.90 Å². The summed E-state index contributed by atoms with van der Waals surface area (Å²) in [6, 6.07) is 19.2. The number of nitro groups is 1. The molecule has 0 radical (unpaired) electrons. The molecule has 4 aromatic rings. The second-order valence-electron chi connectivity index (χ2n) is 6.09. The second kappa shape index (κ2) is 5.10. The monoisotopic (exact) mass is 341 g/mol. The Bertz CT molecular complexity index is 1230. The van der Waals surface area contributed by atoms with E-state index in [1.54, 1.807) is 17.0 Å². The highest BCUT2D eigenvalue weighted by Crippen LogP contribution is 2.43. The number of rotatable bonds is 2. The van der Waals surface area contributed by atoms with E-state index in [1.165, 1.54) is 12.1 Å². The third kappa shape index (κ3) is 1.86. The summed E-state index contributed by atoms with van der Waals surface area (Å²) in [7, 11) is 0. The molecule has 0 aliphatic carbocycles. The third-order valence-corrected chi connectivity index (χ3v) is 4.66. The lowest BCUT2D eigenvalue weighted by molar-refractivity contribution is -0.384. The molecule has 1 aliphatic rings. The first-order valence-corrected chi connectivity index (χ1v) is 8.05. The SMILES string of the molecule is O=C1c2c3ccccc3nc3cccc(c23)N1c1ccc([N+](=O)[O-])cc1. The minimum absolute atomic E-state index is 0.0109. The fourth-order valence-electron chi connectivity index (χ4n) is 3.53. The number of anilines is 2. The van der Waals surface area contributed by atoms with Crippen molar-refractivity contribution in [1.29, 1.82) is 0 Å². The van der Waals surface area contributed by atoms with Crippen molar-refractivity contribution < 1.29 is 9.72 Å². The van der Waals surface area contributed by atoms with E-state index in [1.807, 2.05) is 42.5 Å². The smallest absolute Gasteiger partial charge is 0.269 e. The van der Waals surface area contributed by atoms with E-state index in [0.29, 0.717) is 11.3 Å². The predicted molar refractivity (Wildman–Crippen MR) is 98.8 cm³/mol. The van der Waals surface area contributed by atoms with Crippen LogP contribution in [-0.4, -0.2) is 15.8 Å². The van der Waals surface area contributed by atoms with Crippen LogP contribution in [0.5, 0.6) is 0 Å². The van der Waals surface area contributed by atoms with E-state index in [4.69, 9.17) is 0 Å². The minimum atomic E-state index is -0.456. The molecule has 5 rings (SSSR count). The summed E-state index contributed by atoms with van der Waals surface area (Å²) in [6.07, 6.45) is 0. The van der Waals surface area contributed by atoms with Crippen LogP contribution in [0, 0.1) is 10.1 Å². The Morgan fingerprint density at radius 1 is 0.885 bits per heavy atom. The number of aromatic nitrogens is 1. The van der Waals surface area contributed by atoms with E-state index in [0.717, 1.165) is 27.5 Å². The van der Waals surface area contributed by atoms with Gasteiger partial charge in [-0.25, -0.2) is 4.98 Å². The molecule has 0 saturated heterocycles. The summed E-state index contributed by atoms with van der Waals surface area (Å²) >= 11 is 0. The number of benzene rings is 3. The van der Waals surface area contributed by atoms with Gasteiger partial charge in [0.05, 0.1) is 27.2 Å². The van der Waals surface area contributed by atoms with Crippen molar-refractivity contribution in [1.82, 2.24) is 4.98 Å². The van der Waals surface area contributed by atoms with Gasteiger partial charge in [0.1, 0.15) is 0 Å². The lowest BCUT2D eigenvalue weighted by Crippen LogP contribution is -2.21. The third-order valence-electron chi connectivity index (χ3n) is 4.66. The van der Waals surface area contributed by atoms with Gasteiger partial charge in [0.2, 0.25) is 0 Å². The van der Waals surface area contributed by atoms with Gasteiger partial charge in [-0.3, -0.25) is 19.8 Å². The van der Waals surface area contributed by atoms with E-state index < -0.39 is 4.92 Å². The number of amides is 1. The lowest BCUT2D eigenvalue weighted by Gasteiger charge is -2.17. The van der Waals surface area contributed by atoms with Crippen LogP contribution in [0.2, 0.25) is 0 Å². The molecular formula is C20H11N3O3. The van der Waals surface area contributed by atoms with Gasteiger partial charge in [0, 0.05) is 28.6 Å². The Balaban J connectivity index is 1.78. The molecule has 2 heterocycles. The van der Waals surface area contributed by atoms with Crippen molar-refractivity contribution in [2.45, 2.75) is 0 Å². The molecule has 0 fully saturated rings. The van der Waals surface area contributed by atoms with Gasteiger partial charge in [-0.1, -0.05) is 24.3 Å². The molecule has 6 heteroatoms. The lowest BCUT2D eigenvalue weighted by atomic mass is 10.0. The molecule has 26 heavy (non-hydrogen) atoms. The number of carbonyl (C=O) groups is 1. The van der Waals surface area contributed by atoms with E-state index in [2.05, 4.69) is 4.98 Å². The van der Waals surface area contributed by atoms with Crippen molar-refractivity contribution in [2.75, 3.05) is 4.90 Å². The number of non-ortho nitro benzene ring substituents is 1. The average Bonchev–Trinajstić information content (AvgIpc) is 2.96. The average molecular weight is 341 g/mol. The van der Waals surface area contributed by atoms with Crippen molar-refractivity contribution in [2.24, 2.45) is 0 Å². The van der Waals surface area contributed by atoms with E-state index in [9.17, 15) is 14.9 Å². The van der Waals surface area contributed by atoms with Crippen LogP contribution in [0.4, 0.5) is 17.1 Å². The number of fused-ring (bicyclic) bond motifs is 2. The van der Waals surface area contributed by atoms with Gasteiger partial charge in [0.25, 0.3) is 11.6 Å². The topological polar surface area (TPSA) is 76.3 Å². The van der Waals surface area contributed by atoms with Gasteiger partial charge in [-0.05, 0) is 30.3 Å². The summed E-state index contributed by atoms with van der Waals surface area (Å²) in [5.41, 5.74) is 3.48. The molecule has 6 nitrogen and oxygen atoms in total. The number of hydrogen-bond donors (Lipinski definition) is 0. The molecule has 124 valence electrons. The first-order chi connectivity index (χ1) is 12.6. The first kappa shape index (κ1) is 14.5. The second-order valence-corrected chi connectivity index (χ2v) is 6.09. The molecule has 1 amide bonds. The highest BCUT2D eigenvalue weighted by molar-refractivity contribution is 6.32. The Labute approximate surface area is 147 Å². The largest absolute Gasteiger partial charge is 0.276 e. The highest BCUT2D eigenvalue weighted by Gasteiger charge is 2.33. The van der Waals surface area contributed by atoms with Crippen LogP contribution in [0.15, 0.2) is 66.7 Å². The van der Waals surface area contributed by atoms with Crippen molar-refractivity contribution in [3.05, 3.63) is 82.4 Å². The standard InChI is InChI=1S/C20H11N3O3/c24-20-18-14-4-1-2-5-15(14)21-16-6-3-7-17(19(16)18)22(20)12-8-10-13(11-9-12)23(25)26/h1-11H. The molecule has 0 saturated carbocycles. The van der Waals surface area contributed by atoms with Gasteiger partial charge in [-0.2, -0.15) is 0 Å². The Hall–Kier alpha value is -3.80. The zero-order chi connectivity index (χ0) is 17.8. The zero-order valence-corrected chi connectivity index (χ0v) is 13.4. The fraction of sp³-hybridized carbons (Fsp3) is 0. The first-order valence-electron chi connectivity index (χ1n) is 8.05. The van der Waals surface area contributed by atoms with Crippen LogP contribution >= 0.6 is 0 Å². The van der Waals surface area contributed by atoms with Crippen LogP contribution in [0.25, 0.3) is 21.8 Å². The van der Waals surface area contributed by atoms with Crippen LogP contribution in [-0.2, 0) is 0 Å². The summed E-state index contributed by atoms with van der Waals surface area (Å²) in [5, 5.41) is 12.5. The quantitative estimate of drug-likeness (QED) is 0.303. The molecule has 0 atom stereocenters. The molecule has 0 unspecified atom stereocenters. The van der Waals surface area contributed by atoms with Crippen LogP contribution in [0.3, 0.4) is 0 Å². The Morgan fingerprint density at radius 3 is 2.38 bits per heavy atom. The van der Waals surface area contributed by atoms with E-state index >= 15 is 0 Å². The fourth-order valence-corrected chi connectivity index (χ4v) is 3.53. The van der Waals surface area contributed by atoms with Crippen molar-refractivity contribution in [3.63, 3.8) is 0 Å². The van der Waals surface area contributed by atoms with Crippen LogP contribution in [0.1, 0.15) is 10.4 Å². The zero-order valence-electron chi connectivity index (χ0n) is 13.4. The van der Waals surface area contributed by atoms with Crippen molar-refractivity contribution in [3.8, 4) is 0 Å². The summed E-state index contributed by atoms with van der Waals surface area (Å²) < 4.78 is 0. The number of nitrogens with zero attached hydrogens (tertiary/aromatic N) is 3. The molecule has 0 N–H and O–H groups in total. The Kier molecular flexibility index (Phi) is 2.85. The normalized spacial score (nSPS) is 12.9. The van der Waals surface area contributed by atoms with E-state index in [-0.39, 0.29) is 11.6 Å². The summed E-state index contributed by atoms with van der Waals surface area (Å²) in [4.78, 5) is 30.0. The predicted octanol–water partition coefficient (Wildman–Crippen LogP) is 4.59. The maximum atomic E-state index is 13.3. The molecule has 3 aromatic carbocycles. The summed E-state index contributed by atoms with van der Waals surface area (Å²) in [6.45, 7) is 0. The van der Waals surface area contributed by atoms with Gasteiger partial charge >= 0.3 is 0 Å². The van der Waals surface area contributed by atoms with Gasteiger partial charge in [0.15, 0.2) is 0 Å². The minimum Gasteiger partial charge on any atom is -0.276 e. The van der Waals surface area contributed by atoms with Gasteiger partial charge < -0.3 is 0 Å². The maximum absolute atomic E-state index is 13.3. The number of hydrogen-bond acceptors (Lipinski definition) is 4. The highest BCUT2D eigenvalue weighted by atomic mass is 16.6. The molecule has 0 spiro atoms. The number of carbonyl (C=O) groups excluding carboxylic acids is 1. The molecule has 0 bridgehead atoms. The molecule has 1 aromatic heterocycles.